The maximum atomic E-state index is 9.16. The molecule has 1 saturated heterocycles. The van der Waals surface area contributed by atoms with Gasteiger partial charge in [-0.2, -0.15) is 0 Å². The van der Waals surface area contributed by atoms with Crippen molar-refractivity contribution in [2.75, 3.05) is 30.3 Å². The fraction of sp³-hybridized carbons (Fsp3) is 0.562. The molecule has 1 aromatic rings. The van der Waals surface area contributed by atoms with Gasteiger partial charge in [-0.05, 0) is 43.1 Å². The van der Waals surface area contributed by atoms with Crippen LogP contribution in [0.3, 0.4) is 0 Å². The average Bonchev–Trinajstić information content (AvgIpc) is 2.48. The Morgan fingerprint density at radius 3 is 3.00 bits per heavy atom. The highest BCUT2D eigenvalue weighted by atomic mass is 32.2. The molecule has 0 bridgehead atoms. The van der Waals surface area contributed by atoms with Crippen molar-refractivity contribution >= 4 is 23.3 Å². The predicted octanol–water partition coefficient (Wildman–Crippen LogP) is 2.68. The van der Waals surface area contributed by atoms with Crippen LogP contribution >= 0.6 is 11.8 Å². The first-order chi connectivity index (χ1) is 10.2. The number of piperidine rings is 1. The second kappa shape index (κ2) is 7.71. The van der Waals surface area contributed by atoms with E-state index in [2.05, 4.69) is 24.0 Å². The molecule has 4 N–H and O–H groups in total. The van der Waals surface area contributed by atoms with Gasteiger partial charge in [0.15, 0.2) is 0 Å². The third-order valence-corrected chi connectivity index (χ3v) is 4.91. The number of anilines is 1. The number of nitrogens with one attached hydrogen (secondary N) is 1. The van der Waals surface area contributed by atoms with Crippen molar-refractivity contribution in [3.8, 4) is 0 Å². The van der Waals surface area contributed by atoms with E-state index < -0.39 is 0 Å². The molecule has 1 aliphatic heterocycles. The number of hydrogen-bond acceptors (Lipinski definition) is 4. The van der Waals surface area contributed by atoms with Gasteiger partial charge in [-0.25, -0.2) is 0 Å². The Balaban J connectivity index is 2.29. The molecule has 1 aromatic carbocycles. The lowest BCUT2D eigenvalue weighted by Gasteiger charge is -2.35. The topological polar surface area (TPSA) is 73.3 Å². The maximum Gasteiger partial charge on any atom is 0.126 e. The minimum Gasteiger partial charge on any atom is -0.396 e. The van der Waals surface area contributed by atoms with Crippen molar-refractivity contribution in [3.63, 3.8) is 0 Å². The zero-order chi connectivity index (χ0) is 15.2. The molecule has 116 valence electrons. The highest BCUT2D eigenvalue weighted by Gasteiger charge is 2.23. The molecule has 1 fully saturated rings. The van der Waals surface area contributed by atoms with E-state index in [1.165, 1.54) is 6.42 Å². The molecular formula is C16H25N3OS. The Labute approximate surface area is 131 Å². The Hall–Kier alpha value is -1.20. The summed E-state index contributed by atoms with van der Waals surface area (Å²) in [6.45, 7) is 4.31. The molecule has 1 atom stereocenters. The Morgan fingerprint density at radius 1 is 1.52 bits per heavy atom. The fourth-order valence-electron chi connectivity index (χ4n) is 3.03. The predicted molar refractivity (Wildman–Crippen MR) is 90.5 cm³/mol. The fourth-order valence-corrected chi connectivity index (χ4v) is 3.88. The van der Waals surface area contributed by atoms with Crippen molar-refractivity contribution < 1.29 is 5.11 Å². The van der Waals surface area contributed by atoms with E-state index in [0.29, 0.717) is 5.92 Å². The van der Waals surface area contributed by atoms with E-state index in [4.69, 9.17) is 16.2 Å². The average molecular weight is 307 g/mol. The summed E-state index contributed by atoms with van der Waals surface area (Å²) < 4.78 is 0. The normalized spacial score (nSPS) is 18.8. The number of aliphatic hydroxyl groups is 1. The summed E-state index contributed by atoms with van der Waals surface area (Å²) in [5, 5.41) is 17.1. The van der Waals surface area contributed by atoms with Crippen molar-refractivity contribution in [2.45, 2.75) is 31.1 Å². The van der Waals surface area contributed by atoms with Gasteiger partial charge < -0.3 is 15.7 Å². The lowest BCUT2D eigenvalue weighted by Crippen LogP contribution is -2.37. The number of thioether (sulfide) groups is 1. The van der Waals surface area contributed by atoms with Crippen LogP contribution in [0.5, 0.6) is 0 Å². The van der Waals surface area contributed by atoms with Gasteiger partial charge >= 0.3 is 0 Å². The lowest BCUT2D eigenvalue weighted by atomic mass is 9.94. The molecule has 5 heteroatoms. The SMILES string of the molecule is CCSc1cccc(N2CCCC(CCO)C2)c1C(=N)N. The van der Waals surface area contributed by atoms with Crippen molar-refractivity contribution in [2.24, 2.45) is 11.7 Å². The number of benzene rings is 1. The molecule has 1 aliphatic rings. The summed E-state index contributed by atoms with van der Waals surface area (Å²) in [4.78, 5) is 3.42. The first kappa shape index (κ1) is 16.2. The van der Waals surface area contributed by atoms with Crippen LogP contribution in [-0.2, 0) is 0 Å². The van der Waals surface area contributed by atoms with Crippen LogP contribution in [0.2, 0.25) is 0 Å². The van der Waals surface area contributed by atoms with E-state index >= 15 is 0 Å². The minimum atomic E-state index is 0.144. The molecule has 0 spiro atoms. The van der Waals surface area contributed by atoms with Gasteiger partial charge in [0.25, 0.3) is 0 Å². The van der Waals surface area contributed by atoms with Crippen LogP contribution in [0.15, 0.2) is 23.1 Å². The smallest absolute Gasteiger partial charge is 0.126 e. The standard InChI is InChI=1S/C16H25N3OS/c1-2-21-14-7-3-6-13(15(14)16(17)18)19-9-4-5-12(11-19)8-10-20/h3,6-7,12,20H,2,4-5,8-11H2,1H3,(H3,17,18). The van der Waals surface area contributed by atoms with Gasteiger partial charge in [0.05, 0.1) is 5.56 Å². The molecule has 0 aliphatic carbocycles. The summed E-state index contributed by atoms with van der Waals surface area (Å²) in [7, 11) is 0. The molecule has 1 unspecified atom stereocenters. The maximum absolute atomic E-state index is 9.16. The van der Waals surface area contributed by atoms with Crippen molar-refractivity contribution in [1.29, 1.82) is 5.41 Å². The second-order valence-electron chi connectivity index (χ2n) is 5.46. The van der Waals surface area contributed by atoms with Crippen LogP contribution in [0, 0.1) is 11.3 Å². The summed E-state index contributed by atoms with van der Waals surface area (Å²) in [5.74, 6) is 1.65. The van der Waals surface area contributed by atoms with Gasteiger partial charge in [0.2, 0.25) is 0 Å². The third-order valence-electron chi connectivity index (χ3n) is 3.97. The number of hydrogen-bond donors (Lipinski definition) is 3. The third kappa shape index (κ3) is 3.92. The Kier molecular flexibility index (Phi) is 5.94. The van der Waals surface area contributed by atoms with E-state index in [1.807, 2.05) is 6.07 Å². The number of aliphatic hydroxyl groups excluding tert-OH is 1. The van der Waals surface area contributed by atoms with Gasteiger partial charge in [0.1, 0.15) is 5.84 Å². The first-order valence-corrected chi connectivity index (χ1v) is 8.62. The number of rotatable bonds is 6. The van der Waals surface area contributed by atoms with Crippen LogP contribution < -0.4 is 10.6 Å². The lowest BCUT2D eigenvalue weighted by molar-refractivity contribution is 0.244. The van der Waals surface area contributed by atoms with E-state index in [0.717, 1.165) is 47.8 Å². The molecule has 21 heavy (non-hydrogen) atoms. The van der Waals surface area contributed by atoms with Crippen LogP contribution in [0.4, 0.5) is 5.69 Å². The van der Waals surface area contributed by atoms with E-state index in [9.17, 15) is 0 Å². The largest absolute Gasteiger partial charge is 0.396 e. The zero-order valence-corrected chi connectivity index (χ0v) is 13.5. The Morgan fingerprint density at radius 2 is 2.33 bits per heavy atom. The molecule has 0 amide bonds. The number of amidine groups is 1. The van der Waals surface area contributed by atoms with E-state index in [-0.39, 0.29) is 12.4 Å². The summed E-state index contributed by atoms with van der Waals surface area (Å²) in [6, 6.07) is 6.16. The quantitative estimate of drug-likeness (QED) is 0.429. The van der Waals surface area contributed by atoms with Crippen molar-refractivity contribution in [3.05, 3.63) is 23.8 Å². The first-order valence-electron chi connectivity index (χ1n) is 7.63. The second-order valence-corrected chi connectivity index (χ2v) is 6.77. The zero-order valence-electron chi connectivity index (χ0n) is 12.6. The van der Waals surface area contributed by atoms with E-state index in [1.54, 1.807) is 11.8 Å². The molecule has 0 aromatic heterocycles. The summed E-state index contributed by atoms with van der Waals surface area (Å²) in [5.41, 5.74) is 7.79. The van der Waals surface area contributed by atoms with Gasteiger partial charge in [0, 0.05) is 30.3 Å². The van der Waals surface area contributed by atoms with Crippen LogP contribution in [0.1, 0.15) is 31.7 Å². The van der Waals surface area contributed by atoms with Gasteiger partial charge in [-0.15, -0.1) is 11.8 Å². The number of nitrogen functional groups attached to an aromatic ring is 1. The molecule has 1 heterocycles. The molecule has 4 nitrogen and oxygen atoms in total. The number of nitrogens with zero attached hydrogens (tertiary/aromatic N) is 1. The molecule has 0 radical (unpaired) electrons. The van der Waals surface area contributed by atoms with Crippen LogP contribution in [-0.4, -0.2) is 36.4 Å². The molecule has 2 rings (SSSR count). The van der Waals surface area contributed by atoms with Crippen molar-refractivity contribution in [1.82, 2.24) is 0 Å². The Bertz CT molecular complexity index is 490. The van der Waals surface area contributed by atoms with Gasteiger partial charge in [-0.1, -0.05) is 13.0 Å². The summed E-state index contributed by atoms with van der Waals surface area (Å²) in [6.07, 6.45) is 3.17. The minimum absolute atomic E-state index is 0.144. The van der Waals surface area contributed by atoms with Crippen LogP contribution in [0.25, 0.3) is 0 Å². The highest BCUT2D eigenvalue weighted by molar-refractivity contribution is 7.99. The highest BCUT2D eigenvalue weighted by Crippen LogP contribution is 2.33. The van der Waals surface area contributed by atoms with Gasteiger partial charge in [-0.3, -0.25) is 5.41 Å². The molecular weight excluding hydrogens is 282 g/mol. The summed E-state index contributed by atoms with van der Waals surface area (Å²) >= 11 is 1.73. The number of nitrogens with two attached hydrogens (primary N) is 1. The molecule has 0 saturated carbocycles. The monoisotopic (exact) mass is 307 g/mol.